The van der Waals surface area contributed by atoms with Crippen LogP contribution < -0.4 is 10.2 Å². The van der Waals surface area contributed by atoms with E-state index in [4.69, 9.17) is 4.98 Å². The second-order valence-electron chi connectivity index (χ2n) is 8.83. The van der Waals surface area contributed by atoms with Crippen molar-refractivity contribution >= 4 is 38.4 Å². The summed E-state index contributed by atoms with van der Waals surface area (Å²) in [6.07, 6.45) is 12.7. The molecule has 0 atom stereocenters. The molecule has 2 aliphatic heterocycles. The lowest BCUT2D eigenvalue weighted by atomic mass is 10.0. The smallest absolute Gasteiger partial charge is 0.227 e. The molecule has 0 radical (unpaired) electrons. The van der Waals surface area contributed by atoms with E-state index in [0.29, 0.717) is 0 Å². The number of aromatic nitrogens is 2. The molecule has 4 heterocycles. The number of thiazole rings is 1. The van der Waals surface area contributed by atoms with Crippen LogP contribution in [-0.2, 0) is 4.79 Å². The van der Waals surface area contributed by atoms with E-state index in [1.165, 1.54) is 58.0 Å². The number of hydrogen-bond donors (Lipinski definition) is 1. The lowest BCUT2D eigenvalue weighted by Gasteiger charge is -2.40. The van der Waals surface area contributed by atoms with Crippen molar-refractivity contribution in [1.82, 2.24) is 14.9 Å². The van der Waals surface area contributed by atoms with Crippen molar-refractivity contribution in [3.63, 3.8) is 0 Å². The Labute approximate surface area is 176 Å². The quantitative estimate of drug-likeness (QED) is 0.811. The van der Waals surface area contributed by atoms with Gasteiger partial charge >= 0.3 is 0 Å². The first-order valence-electron chi connectivity index (χ1n) is 11.3. The summed E-state index contributed by atoms with van der Waals surface area (Å²) in [7, 11) is 0. The summed E-state index contributed by atoms with van der Waals surface area (Å²) in [4.78, 5) is 26.8. The number of carbonyl (C=O) groups is 1. The van der Waals surface area contributed by atoms with Gasteiger partial charge in [0.05, 0.1) is 16.6 Å². The summed E-state index contributed by atoms with van der Waals surface area (Å²) in [5.41, 5.74) is 1.59. The van der Waals surface area contributed by atoms with Gasteiger partial charge in [0.25, 0.3) is 0 Å². The van der Waals surface area contributed by atoms with Gasteiger partial charge in [-0.3, -0.25) is 4.79 Å². The summed E-state index contributed by atoms with van der Waals surface area (Å²) in [5.74, 6) is 0.317. The fourth-order valence-corrected chi connectivity index (χ4v) is 6.17. The largest absolute Gasteiger partial charge is 0.348 e. The van der Waals surface area contributed by atoms with Crippen molar-refractivity contribution in [3.05, 3.63) is 12.3 Å². The van der Waals surface area contributed by atoms with Gasteiger partial charge in [0.2, 0.25) is 5.91 Å². The van der Waals surface area contributed by atoms with Crippen molar-refractivity contribution in [2.24, 2.45) is 5.92 Å². The lowest BCUT2D eigenvalue weighted by Crippen LogP contribution is -2.46. The highest BCUT2D eigenvalue weighted by atomic mass is 32.1. The lowest BCUT2D eigenvalue weighted by molar-refractivity contribution is -0.119. The predicted octanol–water partition coefficient (Wildman–Crippen LogP) is 4.27. The van der Waals surface area contributed by atoms with Crippen molar-refractivity contribution in [1.29, 1.82) is 0 Å². The molecule has 2 aromatic rings. The number of likely N-dealkylation sites (tertiary alicyclic amines) is 1. The van der Waals surface area contributed by atoms with Crippen LogP contribution in [0.2, 0.25) is 0 Å². The van der Waals surface area contributed by atoms with E-state index in [-0.39, 0.29) is 11.8 Å². The molecule has 6 nitrogen and oxygen atoms in total. The fraction of sp³-hybridized carbons (Fsp3) is 0.682. The van der Waals surface area contributed by atoms with E-state index in [2.05, 4.69) is 20.1 Å². The molecule has 29 heavy (non-hydrogen) atoms. The Morgan fingerprint density at radius 2 is 1.76 bits per heavy atom. The van der Waals surface area contributed by atoms with Crippen molar-refractivity contribution in [2.75, 3.05) is 36.4 Å². The van der Waals surface area contributed by atoms with Gasteiger partial charge in [-0.05, 0) is 57.7 Å². The number of anilines is 2. The fourth-order valence-electron chi connectivity index (χ4n) is 5.15. The molecule has 0 bridgehead atoms. The Balaban J connectivity index is 1.22. The third-order valence-electron chi connectivity index (χ3n) is 6.87. The van der Waals surface area contributed by atoms with Gasteiger partial charge in [-0.15, -0.1) is 0 Å². The van der Waals surface area contributed by atoms with Crippen LogP contribution in [0, 0.1) is 5.92 Å². The van der Waals surface area contributed by atoms with Crippen LogP contribution >= 0.6 is 11.3 Å². The highest BCUT2D eigenvalue weighted by Crippen LogP contribution is 2.32. The van der Waals surface area contributed by atoms with Gasteiger partial charge in [-0.25, -0.2) is 4.98 Å². The van der Waals surface area contributed by atoms with Gasteiger partial charge in [-0.1, -0.05) is 30.6 Å². The average molecular weight is 414 g/mol. The van der Waals surface area contributed by atoms with Crippen LogP contribution in [0.4, 0.5) is 10.8 Å². The molecule has 1 saturated carbocycles. The van der Waals surface area contributed by atoms with Gasteiger partial charge < -0.3 is 15.1 Å². The second kappa shape index (κ2) is 8.56. The third kappa shape index (κ3) is 4.26. The zero-order valence-electron chi connectivity index (χ0n) is 17.1. The Morgan fingerprint density at radius 3 is 2.52 bits per heavy atom. The molecule has 156 valence electrons. The van der Waals surface area contributed by atoms with Crippen molar-refractivity contribution in [3.8, 4) is 0 Å². The first-order valence-corrected chi connectivity index (χ1v) is 12.1. The molecular weight excluding hydrogens is 382 g/mol. The number of hydrogen-bond acceptors (Lipinski definition) is 6. The molecule has 1 aliphatic carbocycles. The minimum atomic E-state index is 0.146. The minimum absolute atomic E-state index is 0.146. The molecule has 3 aliphatic rings. The van der Waals surface area contributed by atoms with Crippen molar-refractivity contribution < 1.29 is 4.79 Å². The number of rotatable bonds is 4. The zero-order valence-corrected chi connectivity index (χ0v) is 17.9. The Bertz CT molecular complexity index is 848. The molecule has 5 rings (SSSR count). The number of nitrogens with one attached hydrogen (secondary N) is 1. The molecular formula is C22H31N5OS. The molecule has 7 heteroatoms. The van der Waals surface area contributed by atoms with E-state index in [1.54, 1.807) is 17.5 Å². The SMILES string of the molecule is O=C(Nc1cnc2nc(N3CCC(N4CCCCC4)CC3)sc2c1)C1CCCC1. The summed E-state index contributed by atoms with van der Waals surface area (Å²) in [6.45, 7) is 4.72. The molecule has 0 unspecified atom stereocenters. The van der Waals surface area contributed by atoms with Gasteiger partial charge in [0, 0.05) is 25.0 Å². The number of fused-ring (bicyclic) bond motifs is 1. The summed E-state index contributed by atoms with van der Waals surface area (Å²) in [6, 6.07) is 2.79. The third-order valence-corrected chi connectivity index (χ3v) is 7.92. The number of pyridine rings is 1. The van der Waals surface area contributed by atoms with Crippen LogP contribution in [0.25, 0.3) is 10.3 Å². The Kier molecular flexibility index (Phi) is 5.68. The molecule has 1 N–H and O–H groups in total. The molecule has 1 amide bonds. The molecule has 2 aromatic heterocycles. The van der Waals surface area contributed by atoms with E-state index in [0.717, 1.165) is 53.1 Å². The topological polar surface area (TPSA) is 61.4 Å². The molecule has 3 fully saturated rings. The highest BCUT2D eigenvalue weighted by Gasteiger charge is 2.27. The average Bonchev–Trinajstić information content (AvgIpc) is 3.44. The van der Waals surface area contributed by atoms with Crippen LogP contribution in [0.5, 0.6) is 0 Å². The number of amides is 1. The molecule has 0 aromatic carbocycles. The van der Waals surface area contributed by atoms with Crippen molar-refractivity contribution in [2.45, 2.75) is 63.8 Å². The highest BCUT2D eigenvalue weighted by molar-refractivity contribution is 7.22. The number of piperidine rings is 2. The second-order valence-corrected chi connectivity index (χ2v) is 9.84. The van der Waals surface area contributed by atoms with E-state index in [1.807, 2.05) is 6.07 Å². The predicted molar refractivity (Wildman–Crippen MR) is 119 cm³/mol. The van der Waals surface area contributed by atoms with E-state index >= 15 is 0 Å². The van der Waals surface area contributed by atoms with E-state index in [9.17, 15) is 4.79 Å². The maximum atomic E-state index is 12.4. The first kappa shape index (κ1) is 19.2. The van der Waals surface area contributed by atoms with Crippen LogP contribution in [-0.4, -0.2) is 53.0 Å². The minimum Gasteiger partial charge on any atom is -0.348 e. The van der Waals surface area contributed by atoms with Gasteiger partial charge in [0.15, 0.2) is 10.8 Å². The normalized spacial score (nSPS) is 22.4. The monoisotopic (exact) mass is 413 g/mol. The maximum absolute atomic E-state index is 12.4. The zero-order chi connectivity index (χ0) is 19.6. The van der Waals surface area contributed by atoms with Crippen LogP contribution in [0.3, 0.4) is 0 Å². The molecule has 2 saturated heterocycles. The Morgan fingerprint density at radius 1 is 1.00 bits per heavy atom. The standard InChI is InChI=1S/C22H31N5OS/c28-21(16-6-2-3-7-16)24-17-14-19-20(23-15-17)25-22(29-19)27-12-8-18(9-13-27)26-10-4-1-5-11-26/h14-16,18H,1-13H2,(H,24,28). The first-order chi connectivity index (χ1) is 14.3. The van der Waals surface area contributed by atoms with Gasteiger partial charge in [-0.2, -0.15) is 4.98 Å². The number of carbonyl (C=O) groups excluding carboxylic acids is 1. The van der Waals surface area contributed by atoms with E-state index < -0.39 is 0 Å². The van der Waals surface area contributed by atoms with Crippen LogP contribution in [0.1, 0.15) is 57.8 Å². The Hall–Kier alpha value is -1.73. The maximum Gasteiger partial charge on any atom is 0.227 e. The number of nitrogens with zero attached hydrogens (tertiary/aromatic N) is 4. The van der Waals surface area contributed by atoms with Crippen LogP contribution in [0.15, 0.2) is 12.3 Å². The summed E-state index contributed by atoms with van der Waals surface area (Å²) in [5, 5.41) is 4.14. The summed E-state index contributed by atoms with van der Waals surface area (Å²) < 4.78 is 1.06. The molecule has 0 spiro atoms. The summed E-state index contributed by atoms with van der Waals surface area (Å²) >= 11 is 1.70. The van der Waals surface area contributed by atoms with Gasteiger partial charge in [0.1, 0.15) is 0 Å².